The van der Waals surface area contributed by atoms with Crippen LogP contribution in [0.4, 0.5) is 0 Å². The van der Waals surface area contributed by atoms with Crippen LogP contribution in [0.5, 0.6) is 17.2 Å². The summed E-state index contributed by atoms with van der Waals surface area (Å²) in [6.45, 7) is 1.87. The molecule has 2 aromatic rings. The summed E-state index contributed by atoms with van der Waals surface area (Å²) in [5.74, 6) is 1.86. The first-order valence-electron chi connectivity index (χ1n) is 6.07. The van der Waals surface area contributed by atoms with Gasteiger partial charge in [-0.1, -0.05) is 29.3 Å². The molecule has 0 aliphatic heterocycles. The second kappa shape index (κ2) is 6.35. The molecule has 0 aromatic heterocycles. The Balaban J connectivity index is 2.42. The molecule has 0 saturated carbocycles. The van der Waals surface area contributed by atoms with Gasteiger partial charge in [0, 0.05) is 16.1 Å². The van der Waals surface area contributed by atoms with E-state index in [0.717, 1.165) is 5.56 Å². The quantitative estimate of drug-likeness (QED) is 0.880. The van der Waals surface area contributed by atoms with Crippen molar-refractivity contribution in [3.63, 3.8) is 0 Å². The highest BCUT2D eigenvalue weighted by atomic mass is 35.5. The average Bonchev–Trinajstić information content (AvgIpc) is 2.36. The molecule has 2 N–H and O–H groups in total. The third-order valence-corrected chi connectivity index (χ3v) is 3.20. The predicted octanol–water partition coefficient (Wildman–Crippen LogP) is 4.81. The molecule has 5 heteroatoms. The zero-order valence-corrected chi connectivity index (χ0v) is 12.7. The first-order valence-corrected chi connectivity index (χ1v) is 6.83. The van der Waals surface area contributed by atoms with Crippen molar-refractivity contribution in [2.45, 2.75) is 13.0 Å². The van der Waals surface area contributed by atoms with Crippen LogP contribution in [0.1, 0.15) is 18.5 Å². The number of nitrogens with two attached hydrogens (primary N) is 1. The molecule has 1 atom stereocenters. The maximum absolute atomic E-state index is 5.99. The molecule has 3 nitrogen and oxygen atoms in total. The second-order valence-corrected chi connectivity index (χ2v) is 5.24. The van der Waals surface area contributed by atoms with E-state index in [1.807, 2.05) is 25.1 Å². The minimum absolute atomic E-state index is 0.226. The molecule has 0 amide bonds. The van der Waals surface area contributed by atoms with Gasteiger partial charge in [-0.3, -0.25) is 0 Å². The molecule has 106 valence electrons. The van der Waals surface area contributed by atoms with Crippen molar-refractivity contribution in [1.29, 1.82) is 0 Å². The third kappa shape index (κ3) is 3.37. The largest absolute Gasteiger partial charge is 0.496 e. The fraction of sp³-hybridized carbons (Fsp3) is 0.200. The summed E-state index contributed by atoms with van der Waals surface area (Å²) in [6.07, 6.45) is 0. The van der Waals surface area contributed by atoms with Gasteiger partial charge in [0.1, 0.15) is 17.2 Å². The highest BCUT2D eigenvalue weighted by Crippen LogP contribution is 2.36. The molecule has 0 spiro atoms. The van der Waals surface area contributed by atoms with E-state index in [1.54, 1.807) is 25.3 Å². The lowest BCUT2D eigenvalue weighted by Gasteiger charge is -2.17. The molecule has 0 radical (unpaired) electrons. The standard InChI is InChI=1S/C15H15Cl2NO2/c1-9(18)15-13(19-2)4-3-5-14(15)20-12-7-10(16)6-11(17)8-12/h3-9H,18H2,1-2H3/t9-/m0/s1. The summed E-state index contributed by atoms with van der Waals surface area (Å²) in [5, 5.41) is 1.02. The Morgan fingerprint density at radius 3 is 2.20 bits per heavy atom. The Morgan fingerprint density at radius 1 is 1.05 bits per heavy atom. The normalized spacial score (nSPS) is 12.1. The molecule has 2 aromatic carbocycles. The van der Waals surface area contributed by atoms with Crippen molar-refractivity contribution in [2.75, 3.05) is 7.11 Å². The molecule has 2 rings (SSSR count). The van der Waals surface area contributed by atoms with E-state index in [1.165, 1.54) is 0 Å². The molecule has 0 saturated heterocycles. The van der Waals surface area contributed by atoms with Gasteiger partial charge in [-0.2, -0.15) is 0 Å². The average molecular weight is 312 g/mol. The van der Waals surface area contributed by atoms with E-state index < -0.39 is 0 Å². The number of halogens is 2. The maximum atomic E-state index is 5.99. The van der Waals surface area contributed by atoms with Crippen molar-refractivity contribution < 1.29 is 9.47 Å². The molecule has 0 unspecified atom stereocenters. The van der Waals surface area contributed by atoms with Gasteiger partial charge >= 0.3 is 0 Å². The third-order valence-electron chi connectivity index (χ3n) is 2.77. The summed E-state index contributed by atoms with van der Waals surface area (Å²) in [6, 6.07) is 10.3. The Hall–Kier alpha value is -1.42. The van der Waals surface area contributed by atoms with Crippen molar-refractivity contribution >= 4 is 23.2 Å². The van der Waals surface area contributed by atoms with Crippen LogP contribution in [-0.4, -0.2) is 7.11 Å². The summed E-state index contributed by atoms with van der Waals surface area (Å²) in [4.78, 5) is 0. The highest BCUT2D eigenvalue weighted by Gasteiger charge is 2.15. The van der Waals surface area contributed by atoms with Crippen LogP contribution >= 0.6 is 23.2 Å². The molecule has 0 bridgehead atoms. The van der Waals surface area contributed by atoms with Gasteiger partial charge in [0.25, 0.3) is 0 Å². The first kappa shape index (κ1) is 15.0. The number of hydrogen-bond acceptors (Lipinski definition) is 3. The van der Waals surface area contributed by atoms with Crippen molar-refractivity contribution in [1.82, 2.24) is 0 Å². The predicted molar refractivity (Wildman–Crippen MR) is 82.1 cm³/mol. The fourth-order valence-corrected chi connectivity index (χ4v) is 2.46. The van der Waals surface area contributed by atoms with Crippen LogP contribution in [-0.2, 0) is 0 Å². The van der Waals surface area contributed by atoms with Crippen LogP contribution in [0.3, 0.4) is 0 Å². The smallest absolute Gasteiger partial charge is 0.135 e. The molecule has 0 heterocycles. The summed E-state index contributed by atoms with van der Waals surface area (Å²) in [7, 11) is 1.60. The number of hydrogen-bond donors (Lipinski definition) is 1. The van der Waals surface area contributed by atoms with Gasteiger partial charge in [0.15, 0.2) is 0 Å². The lowest BCUT2D eigenvalue weighted by Crippen LogP contribution is -2.08. The van der Waals surface area contributed by atoms with E-state index >= 15 is 0 Å². The van der Waals surface area contributed by atoms with Crippen LogP contribution < -0.4 is 15.2 Å². The molecular formula is C15H15Cl2NO2. The first-order chi connectivity index (χ1) is 9.51. The van der Waals surface area contributed by atoms with Gasteiger partial charge in [-0.15, -0.1) is 0 Å². The lowest BCUT2D eigenvalue weighted by molar-refractivity contribution is 0.397. The van der Waals surface area contributed by atoms with Gasteiger partial charge in [-0.05, 0) is 37.3 Å². The SMILES string of the molecule is COc1cccc(Oc2cc(Cl)cc(Cl)c2)c1[C@H](C)N. The Bertz CT molecular complexity index is 595. The van der Waals surface area contributed by atoms with Crippen LogP contribution in [0.25, 0.3) is 0 Å². The summed E-state index contributed by atoms with van der Waals surface area (Å²) >= 11 is 11.9. The maximum Gasteiger partial charge on any atom is 0.135 e. The molecule has 20 heavy (non-hydrogen) atoms. The summed E-state index contributed by atoms with van der Waals surface area (Å²) < 4.78 is 11.2. The topological polar surface area (TPSA) is 44.5 Å². The highest BCUT2D eigenvalue weighted by molar-refractivity contribution is 6.34. The number of ether oxygens (including phenoxy) is 2. The molecular weight excluding hydrogens is 297 g/mol. The minimum atomic E-state index is -0.226. The van der Waals surface area contributed by atoms with Crippen molar-refractivity contribution in [3.8, 4) is 17.2 Å². The number of rotatable bonds is 4. The molecule has 0 aliphatic carbocycles. The fourth-order valence-electron chi connectivity index (χ4n) is 1.95. The van der Waals surface area contributed by atoms with Gasteiger partial charge < -0.3 is 15.2 Å². The Kier molecular flexibility index (Phi) is 4.76. The number of methoxy groups -OCH3 is 1. The lowest BCUT2D eigenvalue weighted by atomic mass is 10.1. The van der Waals surface area contributed by atoms with E-state index in [0.29, 0.717) is 27.3 Å². The number of benzene rings is 2. The van der Waals surface area contributed by atoms with Gasteiger partial charge in [0.2, 0.25) is 0 Å². The summed E-state index contributed by atoms with van der Waals surface area (Å²) in [5.41, 5.74) is 6.79. The zero-order valence-electron chi connectivity index (χ0n) is 11.2. The van der Waals surface area contributed by atoms with Crippen molar-refractivity contribution in [3.05, 3.63) is 52.0 Å². The van der Waals surface area contributed by atoms with Crippen LogP contribution in [0.2, 0.25) is 10.0 Å². The monoisotopic (exact) mass is 311 g/mol. The Morgan fingerprint density at radius 2 is 1.65 bits per heavy atom. The minimum Gasteiger partial charge on any atom is -0.496 e. The Labute approximate surface area is 128 Å². The van der Waals surface area contributed by atoms with Crippen LogP contribution in [0.15, 0.2) is 36.4 Å². The molecule has 0 aliphatic rings. The second-order valence-electron chi connectivity index (χ2n) is 4.37. The van der Waals surface area contributed by atoms with Crippen molar-refractivity contribution in [2.24, 2.45) is 5.73 Å². The van der Waals surface area contributed by atoms with E-state index in [4.69, 9.17) is 38.4 Å². The zero-order chi connectivity index (χ0) is 14.7. The van der Waals surface area contributed by atoms with E-state index in [-0.39, 0.29) is 6.04 Å². The van der Waals surface area contributed by atoms with Crippen LogP contribution in [0, 0.1) is 0 Å². The van der Waals surface area contributed by atoms with E-state index in [2.05, 4.69) is 0 Å². The van der Waals surface area contributed by atoms with Gasteiger partial charge in [0.05, 0.1) is 12.7 Å². The van der Waals surface area contributed by atoms with Gasteiger partial charge in [-0.25, -0.2) is 0 Å². The van der Waals surface area contributed by atoms with E-state index in [9.17, 15) is 0 Å². The molecule has 0 fully saturated rings.